The van der Waals surface area contributed by atoms with Crippen molar-refractivity contribution in [3.05, 3.63) is 114 Å². The van der Waals surface area contributed by atoms with Crippen LogP contribution in [0.2, 0.25) is 0 Å². The maximum absolute atomic E-state index is 13.2. The second-order valence-corrected chi connectivity index (χ2v) is 11.1. The van der Waals surface area contributed by atoms with Gasteiger partial charge in [0.25, 0.3) is 15.9 Å². The third-order valence-corrected chi connectivity index (χ3v) is 7.87. The maximum Gasteiger partial charge on any atom is 0.416 e. The number of carbonyl (C=O) groups excluding carboxylic acids is 2. The number of amides is 2. The number of aryl methyl sites for hydroxylation is 1. The van der Waals surface area contributed by atoms with Crippen LogP contribution >= 0.6 is 0 Å². The molecule has 9 nitrogen and oxygen atoms in total. The number of alkyl halides is 3. The first-order valence-corrected chi connectivity index (χ1v) is 14.0. The molecule has 0 fully saturated rings. The molecule has 0 saturated carbocycles. The molecular formula is C29H26F3N5O4S. The van der Waals surface area contributed by atoms with Gasteiger partial charge in [-0.05, 0) is 55.8 Å². The molecule has 4 aromatic rings. The van der Waals surface area contributed by atoms with E-state index in [9.17, 15) is 31.2 Å². The van der Waals surface area contributed by atoms with Gasteiger partial charge in [0.05, 0.1) is 22.6 Å². The molecule has 2 N–H and O–H groups in total. The molecule has 0 atom stereocenters. The Labute approximate surface area is 239 Å². The highest BCUT2D eigenvalue weighted by Crippen LogP contribution is 2.29. The fourth-order valence-electron chi connectivity index (χ4n) is 4.04. The lowest BCUT2D eigenvalue weighted by Gasteiger charge is -2.12. The van der Waals surface area contributed by atoms with E-state index < -0.39 is 33.6 Å². The van der Waals surface area contributed by atoms with Crippen molar-refractivity contribution in [2.45, 2.75) is 37.8 Å². The predicted molar refractivity (Wildman–Crippen MR) is 150 cm³/mol. The highest BCUT2D eigenvalue weighted by molar-refractivity contribution is 7.90. The van der Waals surface area contributed by atoms with Gasteiger partial charge in [-0.25, -0.2) is 22.4 Å². The summed E-state index contributed by atoms with van der Waals surface area (Å²) < 4.78 is 66.4. The summed E-state index contributed by atoms with van der Waals surface area (Å²) in [6.07, 6.45) is -0.565. The molecule has 4 rings (SSSR count). The number of hydrogen-bond acceptors (Lipinski definition) is 6. The van der Waals surface area contributed by atoms with E-state index >= 15 is 0 Å². The molecule has 0 aliphatic carbocycles. The van der Waals surface area contributed by atoms with Gasteiger partial charge in [-0.1, -0.05) is 37.3 Å². The van der Waals surface area contributed by atoms with Gasteiger partial charge in [0.15, 0.2) is 5.65 Å². The van der Waals surface area contributed by atoms with Gasteiger partial charge in [-0.15, -0.1) is 0 Å². The molecule has 0 radical (unpaired) electrons. The minimum Gasteiger partial charge on any atom is -0.329 e. The second-order valence-electron chi connectivity index (χ2n) is 9.29. The number of nitrogens with zero attached hydrogens (tertiary/aromatic N) is 3. The van der Waals surface area contributed by atoms with Gasteiger partial charge in [-0.3, -0.25) is 9.59 Å². The topological polar surface area (TPSA) is 123 Å². The van der Waals surface area contributed by atoms with Gasteiger partial charge in [0.2, 0.25) is 5.91 Å². The largest absolute Gasteiger partial charge is 0.416 e. The number of allylic oxidation sites excluding steroid dienone is 2. The van der Waals surface area contributed by atoms with Crippen LogP contribution in [0.3, 0.4) is 0 Å². The highest BCUT2D eigenvalue weighted by atomic mass is 32.2. The van der Waals surface area contributed by atoms with Crippen LogP contribution in [0.1, 0.15) is 40.5 Å². The number of rotatable bonds is 9. The molecule has 0 unspecified atom stereocenters. The van der Waals surface area contributed by atoms with E-state index in [1.54, 1.807) is 19.1 Å². The van der Waals surface area contributed by atoms with Crippen LogP contribution in [0.25, 0.3) is 11.0 Å². The van der Waals surface area contributed by atoms with Crippen molar-refractivity contribution in [3.63, 3.8) is 0 Å². The van der Waals surface area contributed by atoms with Crippen molar-refractivity contribution in [1.29, 1.82) is 0 Å². The van der Waals surface area contributed by atoms with Gasteiger partial charge >= 0.3 is 6.18 Å². The summed E-state index contributed by atoms with van der Waals surface area (Å²) in [5.41, 5.74) is 0.582. The molecule has 218 valence electrons. The molecule has 2 aromatic heterocycles. The van der Waals surface area contributed by atoms with Gasteiger partial charge in [0.1, 0.15) is 6.33 Å². The SMILES string of the molecule is C=C(C=C(CC)NC(=O)Cc1ncnc2c1ccn2S(=O)(=O)c1ccc(C)cc1)NC(=O)c1cccc(C(F)(F)F)c1. The van der Waals surface area contributed by atoms with Gasteiger partial charge < -0.3 is 10.6 Å². The molecule has 0 saturated heterocycles. The first-order chi connectivity index (χ1) is 19.8. The molecule has 2 aromatic carbocycles. The normalized spacial score (nSPS) is 12.3. The number of halogens is 3. The molecule has 0 aliphatic heterocycles. The van der Waals surface area contributed by atoms with E-state index in [0.29, 0.717) is 23.2 Å². The molecule has 0 aliphatic rings. The molecule has 13 heteroatoms. The fraction of sp³-hybridized carbons (Fsp3) is 0.172. The van der Waals surface area contributed by atoms with E-state index in [1.165, 1.54) is 42.9 Å². The summed E-state index contributed by atoms with van der Waals surface area (Å²) in [7, 11) is -3.94. The summed E-state index contributed by atoms with van der Waals surface area (Å²) >= 11 is 0. The third kappa shape index (κ3) is 6.74. The zero-order valence-corrected chi connectivity index (χ0v) is 23.4. The van der Waals surface area contributed by atoms with E-state index in [-0.39, 0.29) is 28.2 Å². The Morgan fingerprint density at radius 1 is 1.05 bits per heavy atom. The van der Waals surface area contributed by atoms with E-state index in [4.69, 9.17) is 0 Å². The molecule has 2 heterocycles. The number of hydrogen-bond donors (Lipinski definition) is 2. The van der Waals surface area contributed by atoms with Crippen LogP contribution in [0.5, 0.6) is 0 Å². The third-order valence-electron chi connectivity index (χ3n) is 6.19. The Kier molecular flexibility index (Phi) is 8.62. The van der Waals surface area contributed by atoms with Crippen LogP contribution in [0, 0.1) is 6.92 Å². The highest BCUT2D eigenvalue weighted by Gasteiger charge is 2.31. The summed E-state index contributed by atoms with van der Waals surface area (Å²) in [6, 6.07) is 11.9. The minimum atomic E-state index is -4.60. The zero-order valence-electron chi connectivity index (χ0n) is 22.6. The monoisotopic (exact) mass is 597 g/mol. The van der Waals surface area contributed by atoms with Crippen molar-refractivity contribution in [2.24, 2.45) is 0 Å². The van der Waals surface area contributed by atoms with Gasteiger partial charge in [-0.2, -0.15) is 13.2 Å². The van der Waals surface area contributed by atoms with E-state index in [1.807, 2.05) is 6.92 Å². The van der Waals surface area contributed by atoms with Crippen LogP contribution in [-0.4, -0.2) is 34.2 Å². The van der Waals surface area contributed by atoms with Crippen molar-refractivity contribution in [3.8, 4) is 0 Å². The standard InChI is InChI=1S/C29H26F3N5O4S/c1-4-22(14-19(3)35-28(39)20-6-5-7-21(15-20)29(30,31)32)36-26(38)16-25-24-12-13-37(27(24)34-17-33-25)42(40,41)23-10-8-18(2)9-11-23/h5-15,17H,3-4,16H2,1-2H3,(H,35,39)(H,36,38). The first kappa shape index (κ1) is 30.2. The summed E-state index contributed by atoms with van der Waals surface area (Å²) in [5, 5.41) is 5.49. The predicted octanol–water partition coefficient (Wildman–Crippen LogP) is 4.89. The smallest absolute Gasteiger partial charge is 0.329 e. The Bertz CT molecular complexity index is 1810. The van der Waals surface area contributed by atoms with Crippen LogP contribution < -0.4 is 10.6 Å². The molecule has 2 amide bonds. The summed E-state index contributed by atoms with van der Waals surface area (Å²) in [6.45, 7) is 7.29. The quantitative estimate of drug-likeness (QED) is 0.265. The number of nitrogens with one attached hydrogen (secondary N) is 2. The van der Waals surface area contributed by atoms with E-state index in [2.05, 4.69) is 27.2 Å². The van der Waals surface area contributed by atoms with Crippen LogP contribution in [-0.2, 0) is 27.4 Å². The average Bonchev–Trinajstić information content (AvgIpc) is 3.39. The Morgan fingerprint density at radius 3 is 2.43 bits per heavy atom. The Balaban J connectivity index is 1.47. The molecule has 42 heavy (non-hydrogen) atoms. The van der Waals surface area contributed by atoms with Crippen LogP contribution in [0.4, 0.5) is 13.2 Å². The van der Waals surface area contributed by atoms with Crippen LogP contribution in [0.15, 0.2) is 96.1 Å². The number of benzene rings is 2. The van der Waals surface area contributed by atoms with Crippen molar-refractivity contribution < 1.29 is 31.2 Å². The molecular weight excluding hydrogens is 571 g/mol. The number of carbonyl (C=O) groups is 2. The van der Waals surface area contributed by atoms with Crippen molar-refractivity contribution in [2.75, 3.05) is 0 Å². The molecule has 0 bridgehead atoms. The summed E-state index contributed by atoms with van der Waals surface area (Å²) in [4.78, 5) is 33.7. The summed E-state index contributed by atoms with van der Waals surface area (Å²) in [5.74, 6) is -1.27. The van der Waals surface area contributed by atoms with Crippen molar-refractivity contribution in [1.82, 2.24) is 24.6 Å². The minimum absolute atomic E-state index is 0.0531. The lowest BCUT2D eigenvalue weighted by atomic mass is 10.1. The lowest BCUT2D eigenvalue weighted by Crippen LogP contribution is -2.27. The van der Waals surface area contributed by atoms with Crippen molar-refractivity contribution >= 4 is 32.9 Å². The molecule has 0 spiro atoms. The van der Waals surface area contributed by atoms with E-state index in [0.717, 1.165) is 27.7 Å². The maximum atomic E-state index is 13.2. The average molecular weight is 598 g/mol. The second kappa shape index (κ2) is 12.0. The zero-order chi connectivity index (χ0) is 30.7. The lowest BCUT2D eigenvalue weighted by molar-refractivity contribution is -0.137. The van der Waals surface area contributed by atoms with Gasteiger partial charge in [0, 0.05) is 28.5 Å². The Morgan fingerprint density at radius 2 is 1.76 bits per heavy atom. The first-order valence-electron chi connectivity index (χ1n) is 12.6. The number of fused-ring (bicyclic) bond motifs is 1. The fourth-order valence-corrected chi connectivity index (χ4v) is 5.34. The number of aromatic nitrogens is 3. The Hall–Kier alpha value is -4.78.